The van der Waals surface area contributed by atoms with E-state index < -0.39 is 0 Å². The molecule has 1 fully saturated rings. The Morgan fingerprint density at radius 2 is 1.95 bits per heavy atom. The van der Waals surface area contributed by atoms with Gasteiger partial charge in [-0.3, -0.25) is 4.90 Å². The van der Waals surface area contributed by atoms with Gasteiger partial charge in [0.15, 0.2) is 0 Å². The molecule has 110 valence electrons. The Bertz CT molecular complexity index is 447. The highest BCUT2D eigenvalue weighted by atomic mass is 35.5. The molecule has 0 spiro atoms. The Kier molecular flexibility index (Phi) is 5.64. The van der Waals surface area contributed by atoms with Gasteiger partial charge in [-0.1, -0.05) is 29.8 Å². The van der Waals surface area contributed by atoms with Crippen molar-refractivity contribution in [3.63, 3.8) is 0 Å². The third-order valence-electron chi connectivity index (χ3n) is 3.49. The third kappa shape index (κ3) is 4.10. The van der Waals surface area contributed by atoms with Gasteiger partial charge >= 0.3 is 6.03 Å². The topological polar surface area (TPSA) is 61.6 Å². The predicted octanol–water partition coefficient (Wildman–Crippen LogP) is 1.13. The summed E-state index contributed by atoms with van der Waals surface area (Å²) in [4.78, 5) is 16.2. The first-order valence-electron chi connectivity index (χ1n) is 6.89. The zero-order valence-corrected chi connectivity index (χ0v) is 12.3. The van der Waals surface area contributed by atoms with Crippen LogP contribution in [0.4, 0.5) is 4.79 Å². The van der Waals surface area contributed by atoms with Crippen LogP contribution in [0, 0.1) is 0 Å². The first kappa shape index (κ1) is 15.1. The first-order valence-corrected chi connectivity index (χ1v) is 7.27. The van der Waals surface area contributed by atoms with Crippen LogP contribution in [-0.4, -0.2) is 55.1 Å². The summed E-state index contributed by atoms with van der Waals surface area (Å²) in [6.07, 6.45) is 0. The summed E-state index contributed by atoms with van der Waals surface area (Å²) >= 11 is 6.06. The molecule has 20 heavy (non-hydrogen) atoms. The predicted molar refractivity (Wildman–Crippen MR) is 80.8 cm³/mol. The van der Waals surface area contributed by atoms with Crippen LogP contribution in [0.5, 0.6) is 0 Å². The van der Waals surface area contributed by atoms with Crippen molar-refractivity contribution < 1.29 is 4.79 Å². The number of carbonyl (C=O) groups excluding carboxylic acids is 1. The Labute approximate surface area is 124 Å². The molecule has 0 aliphatic carbocycles. The first-order chi connectivity index (χ1) is 9.70. The maximum Gasteiger partial charge on any atom is 0.317 e. The fourth-order valence-electron chi connectivity index (χ4n) is 2.28. The molecule has 1 saturated heterocycles. The lowest BCUT2D eigenvalue weighted by Crippen LogP contribution is -2.52. The highest BCUT2D eigenvalue weighted by Crippen LogP contribution is 2.14. The standard InChI is InChI=1S/C14H21ClN4O/c15-13-4-2-1-3-12(13)11-17-14(20)19-9-7-18(6-5-16)8-10-19/h1-4H,5-11,16H2,(H,17,20). The number of nitrogens with zero attached hydrogens (tertiary/aromatic N) is 2. The Morgan fingerprint density at radius 1 is 1.25 bits per heavy atom. The van der Waals surface area contributed by atoms with Crippen molar-refractivity contribution >= 4 is 17.6 Å². The van der Waals surface area contributed by atoms with Gasteiger partial charge in [0, 0.05) is 50.8 Å². The molecule has 1 aliphatic rings. The van der Waals surface area contributed by atoms with Gasteiger partial charge in [-0.15, -0.1) is 0 Å². The summed E-state index contributed by atoms with van der Waals surface area (Å²) in [5.41, 5.74) is 6.47. The molecular formula is C14H21ClN4O. The number of nitrogens with one attached hydrogen (secondary N) is 1. The average molecular weight is 297 g/mol. The van der Waals surface area contributed by atoms with E-state index in [1.165, 1.54) is 0 Å². The smallest absolute Gasteiger partial charge is 0.317 e. The van der Waals surface area contributed by atoms with E-state index in [1.807, 2.05) is 29.2 Å². The van der Waals surface area contributed by atoms with Crippen molar-refractivity contribution in [1.29, 1.82) is 0 Å². The minimum absolute atomic E-state index is 0.0303. The molecule has 1 aliphatic heterocycles. The summed E-state index contributed by atoms with van der Waals surface area (Å²) < 4.78 is 0. The van der Waals surface area contributed by atoms with Crippen molar-refractivity contribution in [2.75, 3.05) is 39.3 Å². The largest absolute Gasteiger partial charge is 0.334 e. The van der Waals surface area contributed by atoms with Crippen molar-refractivity contribution in [2.24, 2.45) is 5.73 Å². The summed E-state index contributed by atoms with van der Waals surface area (Å²) in [6.45, 7) is 5.28. The molecule has 5 nitrogen and oxygen atoms in total. The number of hydrogen-bond donors (Lipinski definition) is 2. The molecule has 6 heteroatoms. The van der Waals surface area contributed by atoms with Gasteiger partial charge in [0.2, 0.25) is 0 Å². The quantitative estimate of drug-likeness (QED) is 0.875. The number of carbonyl (C=O) groups is 1. The van der Waals surface area contributed by atoms with Crippen LogP contribution in [-0.2, 0) is 6.54 Å². The molecule has 1 aromatic rings. The van der Waals surface area contributed by atoms with E-state index in [0.29, 0.717) is 18.1 Å². The molecule has 0 aromatic heterocycles. The SMILES string of the molecule is NCCN1CCN(C(=O)NCc2ccccc2Cl)CC1. The van der Waals surface area contributed by atoms with Gasteiger partial charge in [0.05, 0.1) is 0 Å². The lowest BCUT2D eigenvalue weighted by Gasteiger charge is -2.34. The molecule has 2 amide bonds. The van der Waals surface area contributed by atoms with Crippen LogP contribution in [0.15, 0.2) is 24.3 Å². The highest BCUT2D eigenvalue weighted by molar-refractivity contribution is 6.31. The number of amides is 2. The van der Waals surface area contributed by atoms with E-state index >= 15 is 0 Å². The number of piperazine rings is 1. The molecule has 3 N–H and O–H groups in total. The van der Waals surface area contributed by atoms with Crippen LogP contribution in [0.2, 0.25) is 5.02 Å². The van der Waals surface area contributed by atoms with Gasteiger partial charge in [-0.25, -0.2) is 4.79 Å². The highest BCUT2D eigenvalue weighted by Gasteiger charge is 2.20. The summed E-state index contributed by atoms with van der Waals surface area (Å²) in [6, 6.07) is 7.51. The summed E-state index contributed by atoms with van der Waals surface area (Å²) in [5, 5.41) is 3.60. The van der Waals surface area contributed by atoms with Crippen molar-refractivity contribution in [3.8, 4) is 0 Å². The monoisotopic (exact) mass is 296 g/mol. The minimum atomic E-state index is -0.0303. The normalized spacial score (nSPS) is 16.2. The average Bonchev–Trinajstić information content (AvgIpc) is 2.47. The summed E-state index contributed by atoms with van der Waals surface area (Å²) in [5.74, 6) is 0. The fraction of sp³-hybridized carbons (Fsp3) is 0.500. The molecule has 0 saturated carbocycles. The second-order valence-corrected chi connectivity index (χ2v) is 5.27. The van der Waals surface area contributed by atoms with Crippen molar-refractivity contribution in [1.82, 2.24) is 15.1 Å². The Morgan fingerprint density at radius 3 is 2.60 bits per heavy atom. The molecule has 0 radical (unpaired) electrons. The number of hydrogen-bond acceptors (Lipinski definition) is 3. The van der Waals surface area contributed by atoms with E-state index in [-0.39, 0.29) is 6.03 Å². The lowest BCUT2D eigenvalue weighted by atomic mass is 10.2. The molecule has 2 rings (SSSR count). The van der Waals surface area contributed by atoms with E-state index in [0.717, 1.165) is 38.3 Å². The van der Waals surface area contributed by atoms with Gasteiger partial charge in [-0.05, 0) is 11.6 Å². The zero-order chi connectivity index (χ0) is 14.4. The van der Waals surface area contributed by atoms with Gasteiger partial charge in [0.1, 0.15) is 0 Å². The molecular weight excluding hydrogens is 276 g/mol. The molecule has 0 bridgehead atoms. The Hall–Kier alpha value is -1.30. The van der Waals surface area contributed by atoms with Crippen LogP contribution in [0.3, 0.4) is 0 Å². The molecule has 0 atom stereocenters. The van der Waals surface area contributed by atoms with Gasteiger partial charge in [0.25, 0.3) is 0 Å². The number of halogens is 1. The molecule has 1 aromatic carbocycles. The maximum atomic E-state index is 12.1. The summed E-state index contributed by atoms with van der Waals surface area (Å²) in [7, 11) is 0. The van der Waals surface area contributed by atoms with E-state index in [4.69, 9.17) is 17.3 Å². The van der Waals surface area contributed by atoms with Crippen molar-refractivity contribution in [2.45, 2.75) is 6.54 Å². The van der Waals surface area contributed by atoms with Gasteiger partial charge in [-0.2, -0.15) is 0 Å². The number of benzene rings is 1. The number of nitrogens with two attached hydrogens (primary N) is 1. The van der Waals surface area contributed by atoms with E-state index in [9.17, 15) is 4.79 Å². The minimum Gasteiger partial charge on any atom is -0.334 e. The zero-order valence-electron chi connectivity index (χ0n) is 11.5. The second-order valence-electron chi connectivity index (χ2n) is 4.87. The Balaban J connectivity index is 1.77. The number of rotatable bonds is 4. The molecule has 1 heterocycles. The van der Waals surface area contributed by atoms with Crippen LogP contribution < -0.4 is 11.1 Å². The number of urea groups is 1. The molecule has 0 unspecified atom stereocenters. The van der Waals surface area contributed by atoms with E-state index in [2.05, 4.69) is 10.2 Å². The van der Waals surface area contributed by atoms with Gasteiger partial charge < -0.3 is 16.0 Å². The van der Waals surface area contributed by atoms with E-state index in [1.54, 1.807) is 0 Å². The lowest BCUT2D eigenvalue weighted by molar-refractivity contribution is 0.141. The fourth-order valence-corrected chi connectivity index (χ4v) is 2.48. The second kappa shape index (κ2) is 7.47. The van der Waals surface area contributed by atoms with Crippen molar-refractivity contribution in [3.05, 3.63) is 34.9 Å². The van der Waals surface area contributed by atoms with Crippen LogP contribution in [0.25, 0.3) is 0 Å². The van der Waals surface area contributed by atoms with Crippen LogP contribution in [0.1, 0.15) is 5.56 Å². The van der Waals surface area contributed by atoms with Crippen LogP contribution >= 0.6 is 11.6 Å². The third-order valence-corrected chi connectivity index (χ3v) is 3.86. The maximum absolute atomic E-state index is 12.1.